The molecule has 0 spiro atoms. The molecule has 6 heteroatoms. The monoisotopic (exact) mass is 290 g/mol. The molecule has 1 N–H and O–H groups in total. The van der Waals surface area contributed by atoms with Crippen LogP contribution in [0.3, 0.4) is 0 Å². The summed E-state index contributed by atoms with van der Waals surface area (Å²) in [4.78, 5) is 13.2. The van der Waals surface area contributed by atoms with Crippen molar-refractivity contribution in [3.8, 4) is 0 Å². The van der Waals surface area contributed by atoms with Crippen LogP contribution in [-0.2, 0) is 0 Å². The van der Waals surface area contributed by atoms with Gasteiger partial charge in [-0.3, -0.25) is 0 Å². The minimum absolute atomic E-state index is 0.152. The molecule has 0 radical (unpaired) electrons. The quantitative estimate of drug-likeness (QED) is 0.794. The highest BCUT2D eigenvalue weighted by Crippen LogP contribution is 2.31. The van der Waals surface area contributed by atoms with Gasteiger partial charge in [-0.25, -0.2) is 15.0 Å². The van der Waals surface area contributed by atoms with E-state index < -0.39 is 0 Å². The zero-order valence-corrected chi connectivity index (χ0v) is 12.6. The first-order valence-corrected chi connectivity index (χ1v) is 7.78. The van der Waals surface area contributed by atoms with E-state index >= 15 is 0 Å². The van der Waals surface area contributed by atoms with Crippen molar-refractivity contribution in [2.24, 2.45) is 0 Å². The van der Waals surface area contributed by atoms with Crippen molar-refractivity contribution >= 4 is 38.7 Å². The third-order valence-corrected chi connectivity index (χ3v) is 5.13. The fraction of sp³-hybridized carbons (Fsp3) is 0.308. The summed E-state index contributed by atoms with van der Waals surface area (Å²) in [7, 11) is 0. The number of rotatable bonds is 3. The first kappa shape index (κ1) is 12.5. The molecule has 1 atom stereocenters. The fourth-order valence-corrected chi connectivity index (χ4v) is 3.67. The lowest BCUT2D eigenvalue weighted by Crippen LogP contribution is -2.08. The lowest BCUT2D eigenvalue weighted by atomic mass is 10.3. The topological polar surface area (TPSA) is 50.7 Å². The van der Waals surface area contributed by atoms with Gasteiger partial charge < -0.3 is 5.32 Å². The number of nitrogens with one attached hydrogen (secondary N) is 1. The standard InChI is InChI=1S/C13H14N4S2/c1-7-4-18-11-10(7)14-6-15-12(11)17-9(3)13-16-8(2)5-19-13/h4-6,9H,1-3H3,(H,14,15,17). The van der Waals surface area contributed by atoms with Crippen LogP contribution in [0.4, 0.5) is 5.82 Å². The molecule has 3 aromatic rings. The van der Waals surface area contributed by atoms with E-state index in [2.05, 4.69) is 44.9 Å². The second kappa shape index (κ2) is 4.86. The van der Waals surface area contributed by atoms with E-state index in [1.54, 1.807) is 29.0 Å². The van der Waals surface area contributed by atoms with Crippen LogP contribution in [0.5, 0.6) is 0 Å². The smallest absolute Gasteiger partial charge is 0.147 e. The maximum atomic E-state index is 4.51. The SMILES string of the molecule is Cc1csc(C(C)Nc2ncnc3c(C)csc23)n1. The number of fused-ring (bicyclic) bond motifs is 1. The van der Waals surface area contributed by atoms with Gasteiger partial charge in [0.25, 0.3) is 0 Å². The highest BCUT2D eigenvalue weighted by Gasteiger charge is 2.13. The molecule has 0 saturated heterocycles. The Morgan fingerprint density at radius 1 is 1.16 bits per heavy atom. The second-order valence-corrected chi connectivity index (χ2v) is 6.28. The van der Waals surface area contributed by atoms with Gasteiger partial charge in [0.2, 0.25) is 0 Å². The Labute approximate surface area is 119 Å². The third-order valence-electron chi connectivity index (χ3n) is 2.89. The molecule has 19 heavy (non-hydrogen) atoms. The molecular formula is C13H14N4S2. The molecule has 0 aliphatic carbocycles. The van der Waals surface area contributed by atoms with E-state index in [0.29, 0.717) is 0 Å². The van der Waals surface area contributed by atoms with Gasteiger partial charge in [0.05, 0.1) is 16.3 Å². The van der Waals surface area contributed by atoms with E-state index in [1.807, 2.05) is 6.92 Å². The van der Waals surface area contributed by atoms with Crippen molar-refractivity contribution in [3.05, 3.63) is 33.4 Å². The number of aromatic nitrogens is 3. The van der Waals surface area contributed by atoms with E-state index in [9.17, 15) is 0 Å². The summed E-state index contributed by atoms with van der Waals surface area (Å²) < 4.78 is 1.11. The lowest BCUT2D eigenvalue weighted by Gasteiger charge is -2.12. The van der Waals surface area contributed by atoms with Crippen LogP contribution >= 0.6 is 22.7 Å². The maximum Gasteiger partial charge on any atom is 0.147 e. The van der Waals surface area contributed by atoms with E-state index in [1.165, 1.54) is 5.56 Å². The van der Waals surface area contributed by atoms with Crippen LogP contribution in [-0.4, -0.2) is 15.0 Å². The molecule has 0 amide bonds. The Balaban J connectivity index is 1.93. The summed E-state index contributed by atoms with van der Waals surface area (Å²) in [6.07, 6.45) is 1.62. The molecular weight excluding hydrogens is 276 g/mol. The van der Waals surface area contributed by atoms with Gasteiger partial charge in [0.1, 0.15) is 17.2 Å². The molecule has 4 nitrogen and oxygen atoms in total. The zero-order valence-electron chi connectivity index (χ0n) is 11.0. The normalized spacial score (nSPS) is 12.8. The maximum absolute atomic E-state index is 4.51. The number of hydrogen-bond acceptors (Lipinski definition) is 6. The zero-order chi connectivity index (χ0) is 13.4. The summed E-state index contributed by atoms with van der Waals surface area (Å²) in [6.45, 7) is 6.19. The Hall–Kier alpha value is -1.53. The number of thiophene rings is 1. The van der Waals surface area contributed by atoms with Gasteiger partial charge in [-0.05, 0) is 31.7 Å². The molecule has 0 aliphatic rings. The molecule has 98 valence electrons. The van der Waals surface area contributed by atoms with Crippen LogP contribution in [0.2, 0.25) is 0 Å². The first-order valence-electron chi connectivity index (χ1n) is 6.02. The summed E-state index contributed by atoms with van der Waals surface area (Å²) in [5.41, 5.74) is 3.29. The Kier molecular flexibility index (Phi) is 3.20. The average molecular weight is 290 g/mol. The van der Waals surface area contributed by atoms with Gasteiger partial charge in [0.15, 0.2) is 0 Å². The molecule has 0 fully saturated rings. The largest absolute Gasteiger partial charge is 0.360 e. The number of thiazole rings is 1. The van der Waals surface area contributed by atoms with E-state index in [0.717, 1.165) is 26.7 Å². The second-order valence-electron chi connectivity index (χ2n) is 4.51. The van der Waals surface area contributed by atoms with Gasteiger partial charge in [-0.15, -0.1) is 22.7 Å². The number of nitrogens with zero attached hydrogens (tertiary/aromatic N) is 3. The summed E-state index contributed by atoms with van der Waals surface area (Å²) >= 11 is 3.35. The predicted molar refractivity (Wildman–Crippen MR) is 81.0 cm³/mol. The van der Waals surface area contributed by atoms with Crippen LogP contribution in [0.1, 0.15) is 29.2 Å². The molecule has 3 aromatic heterocycles. The highest BCUT2D eigenvalue weighted by atomic mass is 32.1. The molecule has 1 unspecified atom stereocenters. The minimum Gasteiger partial charge on any atom is -0.360 e. The molecule has 3 heterocycles. The number of hydrogen-bond donors (Lipinski definition) is 1. The van der Waals surface area contributed by atoms with Crippen molar-refractivity contribution in [1.29, 1.82) is 0 Å². The van der Waals surface area contributed by atoms with Crippen molar-refractivity contribution in [2.75, 3.05) is 5.32 Å². The molecule has 0 bridgehead atoms. The summed E-state index contributed by atoms with van der Waals surface area (Å²) in [5, 5.41) is 8.70. The van der Waals surface area contributed by atoms with E-state index in [-0.39, 0.29) is 6.04 Å². The highest BCUT2D eigenvalue weighted by molar-refractivity contribution is 7.18. The Morgan fingerprint density at radius 2 is 2.00 bits per heavy atom. The average Bonchev–Trinajstić information content (AvgIpc) is 2.98. The van der Waals surface area contributed by atoms with Crippen LogP contribution < -0.4 is 5.32 Å². The van der Waals surface area contributed by atoms with Gasteiger partial charge >= 0.3 is 0 Å². The van der Waals surface area contributed by atoms with Crippen LogP contribution in [0.25, 0.3) is 10.2 Å². The van der Waals surface area contributed by atoms with Crippen molar-refractivity contribution in [1.82, 2.24) is 15.0 Å². The number of anilines is 1. The first-order chi connectivity index (χ1) is 9.15. The van der Waals surface area contributed by atoms with Gasteiger partial charge in [-0.2, -0.15) is 0 Å². The lowest BCUT2D eigenvalue weighted by molar-refractivity contribution is 0.857. The summed E-state index contributed by atoms with van der Waals surface area (Å²) in [6, 6.07) is 0.152. The molecule has 0 saturated carbocycles. The molecule has 3 rings (SSSR count). The fourth-order valence-electron chi connectivity index (χ4n) is 1.91. The Bertz CT molecular complexity index is 716. The van der Waals surface area contributed by atoms with E-state index in [4.69, 9.17) is 0 Å². The Morgan fingerprint density at radius 3 is 2.74 bits per heavy atom. The van der Waals surface area contributed by atoms with Crippen molar-refractivity contribution < 1.29 is 0 Å². The third kappa shape index (κ3) is 2.33. The van der Waals surface area contributed by atoms with Crippen LogP contribution in [0, 0.1) is 13.8 Å². The molecule has 0 aliphatic heterocycles. The van der Waals surface area contributed by atoms with Crippen LogP contribution in [0.15, 0.2) is 17.1 Å². The number of aryl methyl sites for hydroxylation is 2. The van der Waals surface area contributed by atoms with Crippen molar-refractivity contribution in [3.63, 3.8) is 0 Å². The predicted octanol–water partition coefficient (Wildman–Crippen LogP) is 3.94. The molecule has 0 aromatic carbocycles. The van der Waals surface area contributed by atoms with Gasteiger partial charge in [0, 0.05) is 11.1 Å². The van der Waals surface area contributed by atoms with Gasteiger partial charge in [-0.1, -0.05) is 0 Å². The van der Waals surface area contributed by atoms with Crippen molar-refractivity contribution in [2.45, 2.75) is 26.8 Å². The summed E-state index contributed by atoms with van der Waals surface area (Å²) in [5.74, 6) is 0.892. The minimum atomic E-state index is 0.152.